The highest BCUT2D eigenvalue weighted by Gasteiger charge is 2.16. The summed E-state index contributed by atoms with van der Waals surface area (Å²) in [6.45, 7) is 0.204. The molecule has 0 heterocycles. The minimum atomic E-state index is -3.83. The average molecular weight is 461 g/mol. The van der Waals surface area contributed by atoms with Gasteiger partial charge in [-0.05, 0) is 48.0 Å². The van der Waals surface area contributed by atoms with Crippen molar-refractivity contribution in [2.75, 3.05) is 4.72 Å². The van der Waals surface area contributed by atoms with Gasteiger partial charge < -0.3 is 0 Å². The highest BCUT2D eigenvalue weighted by atomic mass is 79.9. The Kier molecular flexibility index (Phi) is 6.45. The summed E-state index contributed by atoms with van der Waals surface area (Å²) < 4.78 is 28.5. The molecule has 0 unspecified atom stereocenters. The second-order valence-corrected chi connectivity index (χ2v) is 8.44. The largest absolute Gasteiger partial charge is 0.280 e. The minimum absolute atomic E-state index is 0.0221. The fourth-order valence-electron chi connectivity index (χ4n) is 2.35. The Balaban J connectivity index is 1.66. The van der Waals surface area contributed by atoms with Crippen molar-refractivity contribution in [2.24, 2.45) is 0 Å². The molecule has 28 heavy (non-hydrogen) atoms. The van der Waals surface area contributed by atoms with E-state index in [2.05, 4.69) is 26.1 Å². The average Bonchev–Trinajstić information content (AvgIpc) is 2.70. The van der Waals surface area contributed by atoms with Gasteiger partial charge in [0.15, 0.2) is 0 Å². The highest BCUT2D eigenvalue weighted by Crippen LogP contribution is 2.19. The van der Waals surface area contributed by atoms with Gasteiger partial charge in [-0.2, -0.15) is 0 Å². The SMILES string of the molecule is O=C(NOCc1ccccc1)c1cccc(S(=O)(=O)Nc2ccc(Br)cc2)c1. The molecule has 0 spiro atoms. The van der Waals surface area contributed by atoms with Gasteiger partial charge in [-0.3, -0.25) is 14.4 Å². The number of benzene rings is 3. The van der Waals surface area contributed by atoms with E-state index in [0.29, 0.717) is 5.69 Å². The molecule has 0 atom stereocenters. The molecule has 3 aromatic carbocycles. The molecular weight excluding hydrogens is 444 g/mol. The number of nitrogens with one attached hydrogen (secondary N) is 2. The van der Waals surface area contributed by atoms with Crippen LogP contribution in [0.5, 0.6) is 0 Å². The molecule has 6 nitrogen and oxygen atoms in total. The Morgan fingerprint density at radius 2 is 1.64 bits per heavy atom. The zero-order chi connectivity index (χ0) is 20.0. The molecule has 0 aliphatic rings. The summed E-state index contributed by atoms with van der Waals surface area (Å²) in [7, 11) is -3.83. The maximum Gasteiger partial charge on any atom is 0.274 e. The third-order valence-electron chi connectivity index (χ3n) is 3.75. The molecule has 2 N–H and O–H groups in total. The number of carbonyl (C=O) groups is 1. The maximum atomic E-state index is 12.6. The number of hydrogen-bond donors (Lipinski definition) is 2. The van der Waals surface area contributed by atoms with Crippen molar-refractivity contribution < 1.29 is 18.0 Å². The van der Waals surface area contributed by atoms with Crippen molar-refractivity contribution in [3.63, 3.8) is 0 Å². The number of sulfonamides is 1. The van der Waals surface area contributed by atoms with Crippen LogP contribution in [0.15, 0.2) is 88.2 Å². The van der Waals surface area contributed by atoms with E-state index in [1.807, 2.05) is 30.3 Å². The molecule has 0 bridgehead atoms. The Labute approximate surface area is 171 Å². The third-order valence-corrected chi connectivity index (χ3v) is 5.66. The lowest BCUT2D eigenvalue weighted by Crippen LogP contribution is -2.24. The molecule has 0 aliphatic heterocycles. The van der Waals surface area contributed by atoms with E-state index in [4.69, 9.17) is 4.84 Å². The van der Waals surface area contributed by atoms with Gasteiger partial charge in [-0.1, -0.05) is 52.3 Å². The van der Waals surface area contributed by atoms with Gasteiger partial charge in [0.2, 0.25) is 0 Å². The predicted octanol–water partition coefficient (Wildman–Crippen LogP) is 4.11. The van der Waals surface area contributed by atoms with Crippen molar-refractivity contribution in [3.05, 3.63) is 94.5 Å². The summed E-state index contributed by atoms with van der Waals surface area (Å²) in [4.78, 5) is 17.4. The summed E-state index contributed by atoms with van der Waals surface area (Å²) in [6.07, 6.45) is 0. The van der Waals surface area contributed by atoms with E-state index in [1.165, 1.54) is 24.3 Å². The number of rotatable bonds is 7. The summed E-state index contributed by atoms with van der Waals surface area (Å²) in [5, 5.41) is 0. The Bertz CT molecular complexity index is 1060. The van der Waals surface area contributed by atoms with E-state index >= 15 is 0 Å². The molecule has 1 amide bonds. The van der Waals surface area contributed by atoms with Gasteiger partial charge in [-0.25, -0.2) is 13.9 Å². The standard InChI is InChI=1S/C20H17BrN2O4S/c21-17-9-11-18(12-10-17)23-28(25,26)19-8-4-7-16(13-19)20(24)22-27-14-15-5-2-1-3-6-15/h1-13,23H,14H2,(H,22,24). The minimum Gasteiger partial charge on any atom is -0.280 e. The molecule has 0 radical (unpaired) electrons. The topological polar surface area (TPSA) is 84.5 Å². The van der Waals surface area contributed by atoms with E-state index in [9.17, 15) is 13.2 Å². The van der Waals surface area contributed by atoms with Crippen molar-refractivity contribution in [1.29, 1.82) is 0 Å². The lowest BCUT2D eigenvalue weighted by molar-refractivity contribution is 0.0233. The lowest BCUT2D eigenvalue weighted by Gasteiger charge is -2.10. The molecule has 0 saturated heterocycles. The monoisotopic (exact) mass is 460 g/mol. The fourth-order valence-corrected chi connectivity index (χ4v) is 3.72. The fraction of sp³-hybridized carbons (Fsp3) is 0.0500. The normalized spacial score (nSPS) is 11.0. The van der Waals surface area contributed by atoms with Gasteiger partial charge in [0.1, 0.15) is 0 Å². The Morgan fingerprint density at radius 1 is 0.929 bits per heavy atom. The van der Waals surface area contributed by atoms with Crippen LogP contribution in [0.4, 0.5) is 5.69 Å². The quantitative estimate of drug-likeness (QED) is 0.519. The number of amides is 1. The molecule has 3 aromatic rings. The van der Waals surface area contributed by atoms with Crippen LogP contribution in [0.25, 0.3) is 0 Å². The summed E-state index contributed by atoms with van der Waals surface area (Å²) in [5.74, 6) is -0.531. The van der Waals surface area contributed by atoms with E-state index < -0.39 is 15.9 Å². The first-order valence-corrected chi connectivity index (χ1v) is 10.6. The van der Waals surface area contributed by atoms with E-state index in [-0.39, 0.29) is 17.1 Å². The molecule has 0 fully saturated rings. The summed E-state index contributed by atoms with van der Waals surface area (Å²) in [5.41, 5.74) is 3.82. The zero-order valence-electron chi connectivity index (χ0n) is 14.6. The number of anilines is 1. The van der Waals surface area contributed by atoms with Crippen LogP contribution in [0.1, 0.15) is 15.9 Å². The van der Waals surface area contributed by atoms with Gasteiger partial charge >= 0.3 is 0 Å². The Morgan fingerprint density at radius 3 is 2.36 bits per heavy atom. The number of halogens is 1. The first-order chi connectivity index (χ1) is 13.4. The van der Waals surface area contributed by atoms with Crippen molar-refractivity contribution in [3.8, 4) is 0 Å². The third kappa shape index (κ3) is 5.41. The molecular formula is C20H17BrN2O4S. The molecule has 0 aliphatic carbocycles. The van der Waals surface area contributed by atoms with Crippen LogP contribution in [0.3, 0.4) is 0 Å². The molecule has 0 aromatic heterocycles. The number of hydroxylamine groups is 1. The van der Waals surface area contributed by atoms with Gasteiger partial charge in [-0.15, -0.1) is 0 Å². The predicted molar refractivity (Wildman–Crippen MR) is 110 cm³/mol. The highest BCUT2D eigenvalue weighted by molar-refractivity contribution is 9.10. The van der Waals surface area contributed by atoms with Gasteiger partial charge in [0.25, 0.3) is 15.9 Å². The lowest BCUT2D eigenvalue weighted by atomic mass is 10.2. The van der Waals surface area contributed by atoms with Crippen LogP contribution in [0, 0.1) is 0 Å². The second kappa shape index (κ2) is 9.01. The van der Waals surface area contributed by atoms with Gasteiger partial charge in [0.05, 0.1) is 11.5 Å². The van der Waals surface area contributed by atoms with Crippen LogP contribution in [0.2, 0.25) is 0 Å². The smallest absolute Gasteiger partial charge is 0.274 e. The van der Waals surface area contributed by atoms with E-state index in [0.717, 1.165) is 10.0 Å². The van der Waals surface area contributed by atoms with Crippen molar-refractivity contribution >= 4 is 37.5 Å². The first-order valence-electron chi connectivity index (χ1n) is 8.28. The van der Waals surface area contributed by atoms with Crippen LogP contribution in [-0.4, -0.2) is 14.3 Å². The summed E-state index contributed by atoms with van der Waals surface area (Å²) >= 11 is 3.30. The molecule has 144 valence electrons. The summed E-state index contributed by atoms with van der Waals surface area (Å²) in [6, 6.07) is 21.8. The number of carbonyl (C=O) groups excluding carboxylic acids is 1. The van der Waals surface area contributed by atoms with E-state index in [1.54, 1.807) is 24.3 Å². The van der Waals surface area contributed by atoms with Crippen molar-refractivity contribution in [2.45, 2.75) is 11.5 Å². The van der Waals surface area contributed by atoms with Crippen molar-refractivity contribution in [1.82, 2.24) is 5.48 Å². The van der Waals surface area contributed by atoms with Crippen LogP contribution < -0.4 is 10.2 Å². The molecule has 0 saturated carbocycles. The van der Waals surface area contributed by atoms with Crippen LogP contribution >= 0.6 is 15.9 Å². The van der Waals surface area contributed by atoms with Crippen LogP contribution in [-0.2, 0) is 21.5 Å². The van der Waals surface area contributed by atoms with Gasteiger partial charge in [0, 0.05) is 15.7 Å². The second-order valence-electron chi connectivity index (χ2n) is 5.85. The zero-order valence-corrected chi connectivity index (χ0v) is 17.0. The Hall–Kier alpha value is -2.68. The molecule has 8 heteroatoms. The molecule has 3 rings (SSSR count). The number of hydrogen-bond acceptors (Lipinski definition) is 4. The maximum absolute atomic E-state index is 12.6. The first kappa shape index (κ1) is 20.1.